The van der Waals surface area contributed by atoms with Crippen molar-refractivity contribution in [2.75, 3.05) is 0 Å². The van der Waals surface area contributed by atoms with Gasteiger partial charge in [-0.05, 0) is 23.8 Å². The Hall–Kier alpha value is -1.07. The van der Waals surface area contributed by atoms with E-state index in [9.17, 15) is 0 Å². The summed E-state index contributed by atoms with van der Waals surface area (Å²) in [5, 5.41) is 8.24. The lowest BCUT2D eigenvalue weighted by Gasteiger charge is -1.90. The Bertz CT molecular complexity index is 292. The van der Waals surface area contributed by atoms with Crippen molar-refractivity contribution in [3.63, 3.8) is 0 Å². The molecule has 1 rings (SSSR count). The Morgan fingerprint density at radius 3 is 2.45 bits per heavy atom. The summed E-state index contributed by atoms with van der Waals surface area (Å²) in [5.41, 5.74) is 1.04. The van der Waals surface area contributed by atoms with Gasteiger partial charge in [0.15, 0.2) is 0 Å². The molecule has 1 aromatic rings. The molecule has 1 aromatic carbocycles. The van der Waals surface area contributed by atoms with Crippen LogP contribution in [-0.4, -0.2) is 0 Å². The third kappa shape index (κ3) is 2.57. The minimum atomic E-state index is 1.04. The second-order valence-electron chi connectivity index (χ2n) is 2.01. The van der Waals surface area contributed by atoms with Crippen molar-refractivity contribution < 1.29 is 0 Å². The molecular formula is C9H6BrN. The monoisotopic (exact) mass is 207 g/mol. The van der Waals surface area contributed by atoms with Gasteiger partial charge in [0.2, 0.25) is 0 Å². The highest BCUT2D eigenvalue weighted by molar-refractivity contribution is 9.10. The van der Waals surface area contributed by atoms with Crippen molar-refractivity contribution in [3.8, 4) is 6.07 Å². The van der Waals surface area contributed by atoms with Gasteiger partial charge in [0.1, 0.15) is 0 Å². The first kappa shape index (κ1) is 8.03. The van der Waals surface area contributed by atoms with Crippen LogP contribution in [-0.2, 0) is 0 Å². The van der Waals surface area contributed by atoms with E-state index in [1.54, 1.807) is 6.08 Å². The van der Waals surface area contributed by atoms with Gasteiger partial charge in [-0.2, -0.15) is 5.26 Å². The number of halogens is 1. The van der Waals surface area contributed by atoms with Crippen LogP contribution in [0.15, 0.2) is 34.8 Å². The van der Waals surface area contributed by atoms with Crippen LogP contribution in [0.1, 0.15) is 5.56 Å². The number of hydrogen-bond acceptors (Lipinski definition) is 1. The van der Waals surface area contributed by atoms with Gasteiger partial charge in [-0.25, -0.2) is 0 Å². The lowest BCUT2D eigenvalue weighted by atomic mass is 10.2. The zero-order valence-corrected chi connectivity index (χ0v) is 7.38. The van der Waals surface area contributed by atoms with Crippen molar-refractivity contribution in [1.29, 1.82) is 5.26 Å². The van der Waals surface area contributed by atoms with E-state index in [-0.39, 0.29) is 0 Å². The van der Waals surface area contributed by atoms with E-state index < -0.39 is 0 Å². The van der Waals surface area contributed by atoms with Crippen LogP contribution < -0.4 is 0 Å². The van der Waals surface area contributed by atoms with Gasteiger partial charge in [0.05, 0.1) is 6.07 Å². The van der Waals surface area contributed by atoms with Crippen LogP contribution in [0.3, 0.4) is 0 Å². The van der Waals surface area contributed by atoms with Gasteiger partial charge in [-0.3, -0.25) is 0 Å². The van der Waals surface area contributed by atoms with Crippen molar-refractivity contribution in [3.05, 3.63) is 40.4 Å². The predicted octanol–water partition coefficient (Wildman–Crippen LogP) is 2.99. The van der Waals surface area contributed by atoms with E-state index in [4.69, 9.17) is 5.26 Å². The van der Waals surface area contributed by atoms with Gasteiger partial charge < -0.3 is 0 Å². The molecule has 0 saturated carbocycles. The summed E-state index contributed by atoms with van der Waals surface area (Å²) in [6, 6.07) is 9.71. The SMILES string of the molecule is N#C/C=C/c1ccc(Br)cc1. The molecule has 0 aliphatic heterocycles. The molecule has 0 amide bonds. The summed E-state index contributed by atoms with van der Waals surface area (Å²) in [4.78, 5) is 0. The van der Waals surface area contributed by atoms with E-state index in [0.29, 0.717) is 0 Å². The molecule has 0 N–H and O–H groups in total. The van der Waals surface area contributed by atoms with Crippen LogP contribution in [0.5, 0.6) is 0 Å². The number of nitrogens with zero attached hydrogens (tertiary/aromatic N) is 1. The molecule has 0 heterocycles. The number of benzene rings is 1. The molecule has 2 heteroatoms. The molecule has 0 spiro atoms. The molecule has 0 bridgehead atoms. The maximum Gasteiger partial charge on any atom is 0.0912 e. The molecule has 0 aliphatic rings. The van der Waals surface area contributed by atoms with Crippen LogP contribution in [0, 0.1) is 11.3 Å². The fraction of sp³-hybridized carbons (Fsp3) is 0. The smallest absolute Gasteiger partial charge is 0.0912 e. The second kappa shape index (κ2) is 3.95. The van der Waals surface area contributed by atoms with Crippen LogP contribution in [0.2, 0.25) is 0 Å². The third-order valence-electron chi connectivity index (χ3n) is 1.22. The van der Waals surface area contributed by atoms with Gasteiger partial charge in [0.25, 0.3) is 0 Å². The minimum Gasteiger partial charge on any atom is -0.193 e. The Morgan fingerprint density at radius 1 is 1.27 bits per heavy atom. The van der Waals surface area contributed by atoms with Gasteiger partial charge in [0, 0.05) is 10.5 Å². The number of hydrogen-bond donors (Lipinski definition) is 0. The molecule has 1 nitrogen and oxygen atoms in total. The van der Waals surface area contributed by atoms with Gasteiger partial charge in [-0.15, -0.1) is 0 Å². The third-order valence-corrected chi connectivity index (χ3v) is 1.75. The first-order chi connectivity index (χ1) is 5.33. The first-order valence-corrected chi connectivity index (χ1v) is 3.94. The van der Waals surface area contributed by atoms with Crippen molar-refractivity contribution in [2.24, 2.45) is 0 Å². The standard InChI is InChI=1S/C9H6BrN/c10-9-5-3-8(4-6-9)2-1-7-11/h1-6H/b2-1+. The molecule has 11 heavy (non-hydrogen) atoms. The largest absolute Gasteiger partial charge is 0.193 e. The lowest BCUT2D eigenvalue weighted by molar-refractivity contribution is 1.53. The maximum atomic E-state index is 8.24. The minimum absolute atomic E-state index is 1.04. The number of nitriles is 1. The molecule has 0 fully saturated rings. The molecule has 54 valence electrons. The Morgan fingerprint density at radius 2 is 1.91 bits per heavy atom. The zero-order chi connectivity index (χ0) is 8.10. The quantitative estimate of drug-likeness (QED) is 0.650. The van der Waals surface area contributed by atoms with Crippen molar-refractivity contribution >= 4 is 22.0 Å². The van der Waals surface area contributed by atoms with E-state index in [2.05, 4.69) is 15.9 Å². The second-order valence-corrected chi connectivity index (χ2v) is 2.93. The molecule has 0 atom stereocenters. The average molecular weight is 208 g/mol. The molecule has 0 unspecified atom stereocenters. The fourth-order valence-electron chi connectivity index (χ4n) is 0.707. The number of rotatable bonds is 1. The average Bonchev–Trinajstić information content (AvgIpc) is 2.04. The van der Waals surface area contributed by atoms with Crippen LogP contribution in [0.25, 0.3) is 6.08 Å². The summed E-state index contributed by atoms with van der Waals surface area (Å²) >= 11 is 3.32. The van der Waals surface area contributed by atoms with E-state index in [1.165, 1.54) is 6.08 Å². The van der Waals surface area contributed by atoms with E-state index in [0.717, 1.165) is 10.0 Å². The van der Waals surface area contributed by atoms with E-state index >= 15 is 0 Å². The van der Waals surface area contributed by atoms with E-state index in [1.807, 2.05) is 30.3 Å². The number of allylic oxidation sites excluding steroid dienone is 1. The molecule has 0 saturated heterocycles. The molecule has 0 radical (unpaired) electrons. The lowest BCUT2D eigenvalue weighted by Crippen LogP contribution is -1.69. The van der Waals surface area contributed by atoms with Crippen LogP contribution >= 0.6 is 15.9 Å². The zero-order valence-electron chi connectivity index (χ0n) is 5.79. The highest BCUT2D eigenvalue weighted by atomic mass is 79.9. The molecule has 0 aliphatic carbocycles. The summed E-state index contributed by atoms with van der Waals surface area (Å²) < 4.78 is 1.05. The fourth-order valence-corrected chi connectivity index (χ4v) is 0.972. The summed E-state index contributed by atoms with van der Waals surface area (Å²) in [6.45, 7) is 0. The highest BCUT2D eigenvalue weighted by Gasteiger charge is 1.85. The normalized spacial score (nSPS) is 9.82. The maximum absolute atomic E-state index is 8.24. The topological polar surface area (TPSA) is 23.8 Å². The van der Waals surface area contributed by atoms with Gasteiger partial charge >= 0.3 is 0 Å². The van der Waals surface area contributed by atoms with Gasteiger partial charge in [-0.1, -0.05) is 28.1 Å². The van der Waals surface area contributed by atoms with Crippen LogP contribution in [0.4, 0.5) is 0 Å². The van der Waals surface area contributed by atoms with Crippen molar-refractivity contribution in [1.82, 2.24) is 0 Å². The summed E-state index contributed by atoms with van der Waals surface area (Å²) in [7, 11) is 0. The highest BCUT2D eigenvalue weighted by Crippen LogP contribution is 2.11. The van der Waals surface area contributed by atoms with Crippen molar-refractivity contribution in [2.45, 2.75) is 0 Å². The first-order valence-electron chi connectivity index (χ1n) is 3.14. The molecule has 0 aromatic heterocycles. The summed E-state index contributed by atoms with van der Waals surface area (Å²) in [6.07, 6.45) is 3.23. The Labute approximate surface area is 74.1 Å². The Kier molecular flexibility index (Phi) is 2.88. The molecular weight excluding hydrogens is 202 g/mol. The predicted molar refractivity (Wildman–Crippen MR) is 48.8 cm³/mol. The Balaban J connectivity index is 2.84. The summed E-state index contributed by atoms with van der Waals surface area (Å²) in [5.74, 6) is 0.